The van der Waals surface area contributed by atoms with E-state index in [1.165, 1.54) is 18.3 Å². The maximum Gasteiger partial charge on any atom is 0.260 e. The lowest BCUT2D eigenvalue weighted by molar-refractivity contribution is 0.102. The first-order valence-corrected chi connectivity index (χ1v) is 5.28. The van der Waals surface area contributed by atoms with E-state index in [4.69, 9.17) is 10.3 Å². The number of rotatable bonds is 2. The fourth-order valence-corrected chi connectivity index (χ4v) is 1.55. The summed E-state index contributed by atoms with van der Waals surface area (Å²) < 4.78 is 18.4. The predicted molar refractivity (Wildman–Crippen MR) is 64.7 cm³/mol. The van der Waals surface area contributed by atoms with Crippen LogP contribution in [0.2, 0.25) is 0 Å². The Bertz CT molecular complexity index is 607. The molecule has 2 aromatic rings. The summed E-state index contributed by atoms with van der Waals surface area (Å²) in [6, 6.07) is 2.66. The molecule has 1 aromatic carbocycles. The minimum Gasteiger partial charge on any atom is -0.398 e. The van der Waals surface area contributed by atoms with Crippen LogP contribution in [0.4, 0.5) is 15.8 Å². The first-order valence-electron chi connectivity index (χ1n) is 5.28. The average molecular weight is 249 g/mol. The van der Waals surface area contributed by atoms with Gasteiger partial charge in [0.1, 0.15) is 17.1 Å². The van der Waals surface area contributed by atoms with E-state index >= 15 is 0 Å². The third-order valence-corrected chi connectivity index (χ3v) is 2.69. The van der Waals surface area contributed by atoms with Gasteiger partial charge < -0.3 is 15.6 Å². The summed E-state index contributed by atoms with van der Waals surface area (Å²) in [7, 11) is 0. The van der Waals surface area contributed by atoms with Crippen molar-refractivity contribution in [3.05, 3.63) is 41.0 Å². The Morgan fingerprint density at radius 2 is 2.17 bits per heavy atom. The van der Waals surface area contributed by atoms with Gasteiger partial charge in [0.05, 0.1) is 11.9 Å². The number of carbonyl (C=O) groups excluding carboxylic acids is 1. The number of amides is 1. The van der Waals surface area contributed by atoms with E-state index in [9.17, 15) is 9.18 Å². The van der Waals surface area contributed by atoms with Crippen molar-refractivity contribution in [2.75, 3.05) is 11.1 Å². The molecule has 1 heterocycles. The zero-order valence-corrected chi connectivity index (χ0v) is 9.95. The van der Waals surface area contributed by atoms with Gasteiger partial charge in [-0.3, -0.25) is 4.79 Å². The van der Waals surface area contributed by atoms with Crippen molar-refractivity contribution in [2.24, 2.45) is 0 Å². The molecule has 2 rings (SSSR count). The van der Waals surface area contributed by atoms with Gasteiger partial charge >= 0.3 is 0 Å². The maximum absolute atomic E-state index is 13.6. The Kier molecular flexibility index (Phi) is 3.01. The third kappa shape index (κ3) is 2.04. The van der Waals surface area contributed by atoms with Crippen LogP contribution in [0.1, 0.15) is 21.7 Å². The van der Waals surface area contributed by atoms with Gasteiger partial charge in [-0.15, -0.1) is 0 Å². The molecule has 0 spiro atoms. The Balaban J connectivity index is 2.33. The monoisotopic (exact) mass is 249 g/mol. The standard InChI is InChI=1S/C12H12FN3O2/c1-6-10(14)4-3-9(13)11(6)16-12(17)8-5-15-18-7(8)2/h3-5H,14H2,1-2H3,(H,16,17). The molecule has 1 amide bonds. The number of nitrogens with one attached hydrogen (secondary N) is 1. The van der Waals surface area contributed by atoms with Crippen LogP contribution in [0.25, 0.3) is 0 Å². The molecular formula is C12H12FN3O2. The number of aromatic nitrogens is 1. The summed E-state index contributed by atoms with van der Waals surface area (Å²) in [4.78, 5) is 11.9. The van der Waals surface area contributed by atoms with E-state index in [1.54, 1.807) is 13.8 Å². The summed E-state index contributed by atoms with van der Waals surface area (Å²) in [5.41, 5.74) is 6.89. The van der Waals surface area contributed by atoms with Gasteiger partial charge in [0.25, 0.3) is 5.91 Å². The van der Waals surface area contributed by atoms with Gasteiger partial charge in [-0.05, 0) is 31.5 Å². The fraction of sp³-hybridized carbons (Fsp3) is 0.167. The molecule has 0 fully saturated rings. The summed E-state index contributed by atoms with van der Waals surface area (Å²) in [6.07, 6.45) is 1.28. The number of benzene rings is 1. The predicted octanol–water partition coefficient (Wildman–Crippen LogP) is 2.27. The average Bonchev–Trinajstić information content (AvgIpc) is 2.76. The summed E-state index contributed by atoms with van der Waals surface area (Å²) >= 11 is 0. The van der Waals surface area contributed by atoms with Crippen LogP contribution < -0.4 is 11.1 Å². The topological polar surface area (TPSA) is 81.2 Å². The van der Waals surface area contributed by atoms with Crippen LogP contribution in [-0.2, 0) is 0 Å². The number of carbonyl (C=O) groups is 1. The van der Waals surface area contributed by atoms with Crippen LogP contribution >= 0.6 is 0 Å². The highest BCUT2D eigenvalue weighted by molar-refractivity contribution is 6.05. The van der Waals surface area contributed by atoms with Gasteiger partial charge in [0.2, 0.25) is 0 Å². The second kappa shape index (κ2) is 4.48. The molecule has 6 heteroatoms. The molecule has 3 N–H and O–H groups in total. The van der Waals surface area contributed by atoms with Crippen LogP contribution in [0, 0.1) is 19.7 Å². The number of halogens is 1. The van der Waals surface area contributed by atoms with E-state index in [0.717, 1.165) is 0 Å². The van der Waals surface area contributed by atoms with Crippen molar-refractivity contribution < 1.29 is 13.7 Å². The number of hydrogen-bond donors (Lipinski definition) is 2. The fourth-order valence-electron chi connectivity index (χ4n) is 1.55. The minimum absolute atomic E-state index is 0.0700. The van der Waals surface area contributed by atoms with Crippen molar-refractivity contribution >= 4 is 17.3 Å². The Labute approximate surface area is 103 Å². The highest BCUT2D eigenvalue weighted by Gasteiger charge is 2.16. The van der Waals surface area contributed by atoms with Gasteiger partial charge in [-0.1, -0.05) is 5.16 Å². The third-order valence-electron chi connectivity index (χ3n) is 2.69. The number of aryl methyl sites for hydroxylation is 1. The second-order valence-electron chi connectivity index (χ2n) is 3.89. The molecule has 0 aliphatic rings. The zero-order valence-electron chi connectivity index (χ0n) is 9.95. The normalized spacial score (nSPS) is 10.4. The van der Waals surface area contributed by atoms with Crippen molar-refractivity contribution in [1.82, 2.24) is 5.16 Å². The highest BCUT2D eigenvalue weighted by Crippen LogP contribution is 2.25. The van der Waals surface area contributed by atoms with Crippen LogP contribution in [0.15, 0.2) is 22.9 Å². The van der Waals surface area contributed by atoms with Gasteiger partial charge in [-0.2, -0.15) is 0 Å². The molecule has 94 valence electrons. The molecule has 0 bridgehead atoms. The summed E-state index contributed by atoms with van der Waals surface area (Å²) in [5.74, 6) is -0.653. The number of nitrogens with two attached hydrogens (primary N) is 1. The van der Waals surface area contributed by atoms with Crippen molar-refractivity contribution in [3.63, 3.8) is 0 Å². The van der Waals surface area contributed by atoms with Crippen LogP contribution in [-0.4, -0.2) is 11.1 Å². The summed E-state index contributed by atoms with van der Waals surface area (Å²) in [6.45, 7) is 3.24. The lowest BCUT2D eigenvalue weighted by Gasteiger charge is -2.10. The molecule has 0 saturated carbocycles. The molecular weight excluding hydrogens is 237 g/mol. The number of nitrogen functional groups attached to an aromatic ring is 1. The number of hydrogen-bond acceptors (Lipinski definition) is 4. The first-order chi connectivity index (χ1) is 8.50. The van der Waals surface area contributed by atoms with E-state index < -0.39 is 11.7 Å². The number of nitrogens with zero attached hydrogens (tertiary/aromatic N) is 1. The molecule has 0 atom stereocenters. The lowest BCUT2D eigenvalue weighted by Crippen LogP contribution is -2.15. The first kappa shape index (κ1) is 12.1. The SMILES string of the molecule is Cc1oncc1C(=O)Nc1c(F)ccc(N)c1C. The Hall–Kier alpha value is -2.37. The molecule has 1 aromatic heterocycles. The van der Waals surface area contributed by atoms with Crippen LogP contribution in [0.3, 0.4) is 0 Å². The molecule has 0 saturated heterocycles. The van der Waals surface area contributed by atoms with E-state index in [0.29, 0.717) is 17.0 Å². The lowest BCUT2D eigenvalue weighted by atomic mass is 10.1. The largest absolute Gasteiger partial charge is 0.398 e. The zero-order chi connectivity index (χ0) is 13.3. The van der Waals surface area contributed by atoms with Gasteiger partial charge in [0, 0.05) is 5.69 Å². The van der Waals surface area contributed by atoms with E-state index in [-0.39, 0.29) is 11.3 Å². The minimum atomic E-state index is -0.538. The summed E-state index contributed by atoms with van der Waals surface area (Å²) in [5, 5.41) is 5.96. The maximum atomic E-state index is 13.6. The van der Waals surface area contributed by atoms with Crippen molar-refractivity contribution in [3.8, 4) is 0 Å². The van der Waals surface area contributed by atoms with Gasteiger partial charge in [0.15, 0.2) is 0 Å². The molecule has 0 aliphatic heterocycles. The Morgan fingerprint density at radius 3 is 2.78 bits per heavy atom. The van der Waals surface area contributed by atoms with Crippen molar-refractivity contribution in [2.45, 2.75) is 13.8 Å². The van der Waals surface area contributed by atoms with E-state index in [1.807, 2.05) is 0 Å². The molecule has 5 nitrogen and oxygen atoms in total. The van der Waals surface area contributed by atoms with Crippen molar-refractivity contribution in [1.29, 1.82) is 0 Å². The quantitative estimate of drug-likeness (QED) is 0.800. The molecule has 0 radical (unpaired) electrons. The molecule has 0 unspecified atom stereocenters. The molecule has 0 aliphatic carbocycles. The van der Waals surface area contributed by atoms with E-state index in [2.05, 4.69) is 10.5 Å². The van der Waals surface area contributed by atoms with Gasteiger partial charge in [-0.25, -0.2) is 4.39 Å². The molecule has 18 heavy (non-hydrogen) atoms. The highest BCUT2D eigenvalue weighted by atomic mass is 19.1. The number of anilines is 2. The van der Waals surface area contributed by atoms with Crippen LogP contribution in [0.5, 0.6) is 0 Å². The second-order valence-corrected chi connectivity index (χ2v) is 3.89. The Morgan fingerprint density at radius 1 is 1.44 bits per heavy atom. The smallest absolute Gasteiger partial charge is 0.260 e.